The van der Waals surface area contributed by atoms with Gasteiger partial charge >= 0.3 is 0 Å². The van der Waals surface area contributed by atoms with E-state index in [1.54, 1.807) is 0 Å². The van der Waals surface area contributed by atoms with Crippen molar-refractivity contribution in [3.05, 3.63) is 18.2 Å². The lowest BCUT2D eigenvalue weighted by Gasteiger charge is -2.23. The molecule has 128 valence electrons. The summed E-state index contributed by atoms with van der Waals surface area (Å²) >= 11 is 0. The third-order valence-electron chi connectivity index (χ3n) is 4.87. The maximum absolute atomic E-state index is 12.4. The van der Waals surface area contributed by atoms with Gasteiger partial charge in [0.25, 0.3) is 0 Å². The van der Waals surface area contributed by atoms with E-state index in [0.29, 0.717) is 6.42 Å². The van der Waals surface area contributed by atoms with Crippen LogP contribution >= 0.6 is 0 Å². The van der Waals surface area contributed by atoms with Gasteiger partial charge in [-0.1, -0.05) is 0 Å². The zero-order chi connectivity index (χ0) is 16.1. The molecule has 0 bridgehead atoms. The maximum atomic E-state index is 12.4. The van der Waals surface area contributed by atoms with Crippen LogP contribution in [0, 0.1) is 0 Å². The van der Waals surface area contributed by atoms with Crippen LogP contribution < -0.4 is 0 Å². The van der Waals surface area contributed by atoms with Crippen molar-refractivity contribution in [1.29, 1.82) is 0 Å². The minimum atomic E-state index is 0.152. The first-order valence-corrected chi connectivity index (χ1v) is 8.88. The Morgan fingerprint density at radius 1 is 1.30 bits per heavy atom. The second-order valence-electron chi connectivity index (χ2n) is 6.48. The van der Waals surface area contributed by atoms with Crippen molar-refractivity contribution in [3.8, 4) is 0 Å². The molecule has 2 saturated heterocycles. The lowest BCUT2D eigenvalue weighted by Crippen LogP contribution is -2.36. The first-order chi connectivity index (χ1) is 11.3. The van der Waals surface area contributed by atoms with Crippen LogP contribution in [0.5, 0.6) is 0 Å². The summed E-state index contributed by atoms with van der Waals surface area (Å²) in [5.74, 6) is 1.38. The van der Waals surface area contributed by atoms with Gasteiger partial charge in [-0.15, -0.1) is 0 Å². The fraction of sp³-hybridized carbons (Fsp3) is 0.765. The van der Waals surface area contributed by atoms with Crippen LogP contribution in [0.15, 0.2) is 12.4 Å². The van der Waals surface area contributed by atoms with Gasteiger partial charge in [0.2, 0.25) is 5.91 Å². The zero-order valence-corrected chi connectivity index (χ0v) is 14.1. The van der Waals surface area contributed by atoms with Crippen LogP contribution in [-0.2, 0) is 22.6 Å². The summed E-state index contributed by atoms with van der Waals surface area (Å²) in [6, 6.07) is 0. The molecule has 2 fully saturated rings. The third kappa shape index (κ3) is 4.32. The minimum absolute atomic E-state index is 0.152. The predicted molar refractivity (Wildman–Crippen MR) is 88.0 cm³/mol. The van der Waals surface area contributed by atoms with Gasteiger partial charge < -0.3 is 14.2 Å². The van der Waals surface area contributed by atoms with Gasteiger partial charge in [0, 0.05) is 51.7 Å². The van der Waals surface area contributed by atoms with Crippen LogP contribution in [0.3, 0.4) is 0 Å². The van der Waals surface area contributed by atoms with Crippen molar-refractivity contribution >= 4 is 5.91 Å². The molecule has 2 aliphatic heterocycles. The standard InChI is InChI=1S/C17H28N4O2/c1-2-20-9-6-18-16(20)14-19-7-4-8-21(11-10-19)17(22)13-15-5-3-12-23-15/h6,9,15H,2-5,7-8,10-14H2,1H3/t15-/m0/s1. The molecule has 1 atom stereocenters. The lowest BCUT2D eigenvalue weighted by atomic mass is 10.1. The van der Waals surface area contributed by atoms with Crippen molar-refractivity contribution in [1.82, 2.24) is 19.4 Å². The third-order valence-corrected chi connectivity index (χ3v) is 4.87. The number of rotatable bonds is 5. The molecule has 3 heterocycles. The van der Waals surface area contributed by atoms with E-state index in [-0.39, 0.29) is 12.0 Å². The number of hydrogen-bond acceptors (Lipinski definition) is 4. The van der Waals surface area contributed by atoms with Crippen molar-refractivity contribution in [2.45, 2.75) is 51.8 Å². The van der Waals surface area contributed by atoms with Crippen LogP contribution in [0.4, 0.5) is 0 Å². The summed E-state index contributed by atoms with van der Waals surface area (Å²) < 4.78 is 7.78. The van der Waals surface area contributed by atoms with E-state index in [1.807, 2.05) is 17.3 Å². The Labute approximate surface area is 138 Å². The number of hydrogen-bond donors (Lipinski definition) is 0. The second-order valence-corrected chi connectivity index (χ2v) is 6.48. The molecule has 6 heteroatoms. The average Bonchev–Trinajstić information content (AvgIpc) is 3.15. The quantitative estimate of drug-likeness (QED) is 0.825. The molecule has 0 spiro atoms. The summed E-state index contributed by atoms with van der Waals surface area (Å²) in [6.07, 6.45) is 7.77. The van der Waals surface area contributed by atoms with Gasteiger partial charge in [0.05, 0.1) is 19.1 Å². The predicted octanol–water partition coefficient (Wildman–Crippen LogP) is 1.51. The van der Waals surface area contributed by atoms with Crippen molar-refractivity contribution in [2.24, 2.45) is 0 Å². The molecule has 1 aromatic rings. The number of imidazole rings is 1. The topological polar surface area (TPSA) is 50.6 Å². The van der Waals surface area contributed by atoms with E-state index in [9.17, 15) is 4.79 Å². The number of nitrogens with zero attached hydrogens (tertiary/aromatic N) is 4. The first-order valence-electron chi connectivity index (χ1n) is 8.88. The number of carbonyl (C=O) groups is 1. The van der Waals surface area contributed by atoms with Crippen molar-refractivity contribution in [3.63, 3.8) is 0 Å². The van der Waals surface area contributed by atoms with E-state index in [0.717, 1.165) is 71.0 Å². The highest BCUT2D eigenvalue weighted by Gasteiger charge is 2.24. The van der Waals surface area contributed by atoms with Gasteiger partial charge in [-0.25, -0.2) is 4.98 Å². The monoisotopic (exact) mass is 320 g/mol. The van der Waals surface area contributed by atoms with Gasteiger partial charge in [0.15, 0.2) is 0 Å². The largest absolute Gasteiger partial charge is 0.378 e. The molecule has 0 aliphatic carbocycles. The molecule has 3 rings (SSSR count). The van der Waals surface area contributed by atoms with Crippen LogP contribution in [0.25, 0.3) is 0 Å². The smallest absolute Gasteiger partial charge is 0.225 e. The van der Waals surface area contributed by atoms with E-state index in [2.05, 4.69) is 21.4 Å². The molecule has 0 radical (unpaired) electrons. The maximum Gasteiger partial charge on any atom is 0.225 e. The molecule has 1 amide bonds. The molecule has 6 nitrogen and oxygen atoms in total. The Morgan fingerprint density at radius 2 is 2.22 bits per heavy atom. The Balaban J connectivity index is 1.49. The minimum Gasteiger partial charge on any atom is -0.378 e. The highest BCUT2D eigenvalue weighted by molar-refractivity contribution is 5.76. The summed E-state index contributed by atoms with van der Waals surface area (Å²) in [5, 5.41) is 0. The van der Waals surface area contributed by atoms with Crippen molar-refractivity contribution in [2.75, 3.05) is 32.8 Å². The number of amides is 1. The molecule has 2 aliphatic rings. The molecule has 0 aromatic carbocycles. The molecule has 0 N–H and O–H groups in total. The highest BCUT2D eigenvalue weighted by Crippen LogP contribution is 2.17. The molecular formula is C17H28N4O2. The summed E-state index contributed by atoms with van der Waals surface area (Å²) in [7, 11) is 0. The summed E-state index contributed by atoms with van der Waals surface area (Å²) in [4.78, 5) is 21.3. The van der Waals surface area contributed by atoms with E-state index >= 15 is 0 Å². The molecule has 0 saturated carbocycles. The summed E-state index contributed by atoms with van der Waals surface area (Å²) in [5.41, 5.74) is 0. The van der Waals surface area contributed by atoms with Crippen molar-refractivity contribution < 1.29 is 9.53 Å². The summed E-state index contributed by atoms with van der Waals surface area (Å²) in [6.45, 7) is 8.41. The van der Waals surface area contributed by atoms with Gasteiger partial charge in [-0.3, -0.25) is 9.69 Å². The number of carbonyl (C=O) groups excluding carboxylic acids is 1. The fourth-order valence-electron chi connectivity index (χ4n) is 3.49. The molecule has 0 unspecified atom stereocenters. The van der Waals surface area contributed by atoms with Crippen LogP contribution in [-0.4, -0.2) is 64.1 Å². The Hall–Kier alpha value is -1.40. The normalized spacial score (nSPS) is 23.2. The fourth-order valence-corrected chi connectivity index (χ4v) is 3.49. The SMILES string of the molecule is CCn1ccnc1CN1CCCN(C(=O)C[C@@H]2CCCO2)CC1. The Bertz CT molecular complexity index is 510. The highest BCUT2D eigenvalue weighted by atomic mass is 16.5. The zero-order valence-electron chi connectivity index (χ0n) is 14.1. The van der Waals surface area contributed by atoms with Gasteiger partial charge in [-0.05, 0) is 26.2 Å². The molecule has 1 aromatic heterocycles. The number of aryl methyl sites for hydroxylation is 1. The van der Waals surface area contributed by atoms with Crippen LogP contribution in [0.2, 0.25) is 0 Å². The Morgan fingerprint density at radius 3 is 3.00 bits per heavy atom. The van der Waals surface area contributed by atoms with E-state index < -0.39 is 0 Å². The molecule has 23 heavy (non-hydrogen) atoms. The van der Waals surface area contributed by atoms with Crippen LogP contribution in [0.1, 0.15) is 38.4 Å². The first kappa shape index (κ1) is 16.5. The van der Waals surface area contributed by atoms with Gasteiger partial charge in [0.1, 0.15) is 5.82 Å². The average molecular weight is 320 g/mol. The lowest BCUT2D eigenvalue weighted by molar-refractivity contribution is -0.133. The number of ether oxygens (including phenoxy) is 1. The van der Waals surface area contributed by atoms with E-state index in [1.165, 1.54) is 0 Å². The molecular weight excluding hydrogens is 292 g/mol. The second kappa shape index (κ2) is 7.93. The van der Waals surface area contributed by atoms with Gasteiger partial charge in [-0.2, -0.15) is 0 Å². The Kier molecular flexibility index (Phi) is 5.67. The number of aromatic nitrogens is 2. The van der Waals surface area contributed by atoms with E-state index in [4.69, 9.17) is 4.74 Å².